The molecule has 8 heteroatoms. The molecule has 0 saturated heterocycles. The van der Waals surface area contributed by atoms with E-state index in [4.69, 9.17) is 18.6 Å². The molecule has 0 atom stereocenters. The van der Waals surface area contributed by atoms with Crippen LogP contribution in [0, 0.1) is 0 Å². The highest BCUT2D eigenvalue weighted by atomic mass is 16.5. The fraction of sp³-hybridized carbons (Fsp3) is 0.160. The Morgan fingerprint density at radius 3 is 2.64 bits per heavy atom. The van der Waals surface area contributed by atoms with Crippen molar-refractivity contribution in [3.8, 4) is 28.4 Å². The molecule has 0 unspecified atom stereocenters. The summed E-state index contributed by atoms with van der Waals surface area (Å²) in [5.74, 6) is 1.21. The first-order chi connectivity index (χ1) is 16.1. The summed E-state index contributed by atoms with van der Waals surface area (Å²) in [6, 6.07) is 15.5. The van der Waals surface area contributed by atoms with Crippen LogP contribution in [-0.2, 0) is 11.3 Å². The SMILES string of the molecule is COc1ccc(-c2coc3cc(OCC(=O)NCc4ccccn4)ccc3c2=O)cc1OC. The largest absolute Gasteiger partial charge is 0.493 e. The second kappa shape index (κ2) is 9.86. The minimum Gasteiger partial charge on any atom is -0.493 e. The van der Waals surface area contributed by atoms with Crippen LogP contribution in [0.1, 0.15) is 5.69 Å². The number of rotatable bonds is 8. The molecule has 2 heterocycles. The third kappa shape index (κ3) is 4.95. The van der Waals surface area contributed by atoms with E-state index in [1.165, 1.54) is 13.4 Å². The highest BCUT2D eigenvalue weighted by Crippen LogP contribution is 2.32. The Bertz CT molecular complexity index is 1330. The number of fused-ring (bicyclic) bond motifs is 1. The van der Waals surface area contributed by atoms with E-state index in [1.54, 1.807) is 49.7 Å². The van der Waals surface area contributed by atoms with Gasteiger partial charge in [-0.15, -0.1) is 0 Å². The van der Waals surface area contributed by atoms with Crippen LogP contribution >= 0.6 is 0 Å². The molecule has 1 amide bonds. The van der Waals surface area contributed by atoms with Crippen LogP contribution in [0.3, 0.4) is 0 Å². The maximum absolute atomic E-state index is 13.0. The Morgan fingerprint density at radius 2 is 1.88 bits per heavy atom. The lowest BCUT2D eigenvalue weighted by molar-refractivity contribution is -0.123. The lowest BCUT2D eigenvalue weighted by Crippen LogP contribution is -2.28. The smallest absolute Gasteiger partial charge is 0.258 e. The van der Waals surface area contributed by atoms with Gasteiger partial charge in [-0.2, -0.15) is 0 Å². The first kappa shape index (κ1) is 21.9. The van der Waals surface area contributed by atoms with Gasteiger partial charge in [0.15, 0.2) is 23.5 Å². The topological polar surface area (TPSA) is 99.9 Å². The number of hydrogen-bond acceptors (Lipinski definition) is 7. The molecule has 4 rings (SSSR count). The Kier molecular flexibility index (Phi) is 6.54. The molecule has 8 nitrogen and oxygen atoms in total. The van der Waals surface area contributed by atoms with Gasteiger partial charge in [0.2, 0.25) is 0 Å². The van der Waals surface area contributed by atoms with Crippen molar-refractivity contribution in [3.05, 3.63) is 83.0 Å². The van der Waals surface area contributed by atoms with E-state index in [2.05, 4.69) is 10.3 Å². The Labute approximate surface area is 189 Å². The summed E-state index contributed by atoms with van der Waals surface area (Å²) in [4.78, 5) is 29.2. The Hall–Kier alpha value is -4.33. The van der Waals surface area contributed by atoms with E-state index in [0.29, 0.717) is 45.9 Å². The van der Waals surface area contributed by atoms with E-state index in [1.807, 2.05) is 18.2 Å². The molecule has 0 saturated carbocycles. The zero-order valence-electron chi connectivity index (χ0n) is 18.2. The third-order valence-electron chi connectivity index (χ3n) is 5.00. The molecule has 0 aliphatic carbocycles. The van der Waals surface area contributed by atoms with Crippen molar-refractivity contribution in [2.75, 3.05) is 20.8 Å². The van der Waals surface area contributed by atoms with Gasteiger partial charge in [-0.3, -0.25) is 14.6 Å². The third-order valence-corrected chi connectivity index (χ3v) is 5.00. The lowest BCUT2D eigenvalue weighted by atomic mass is 10.0. The number of carbonyl (C=O) groups is 1. The number of benzene rings is 2. The lowest BCUT2D eigenvalue weighted by Gasteiger charge is -2.10. The van der Waals surface area contributed by atoms with Gasteiger partial charge in [0.1, 0.15) is 17.6 Å². The number of ether oxygens (including phenoxy) is 3. The Balaban J connectivity index is 1.48. The first-order valence-electron chi connectivity index (χ1n) is 10.2. The van der Waals surface area contributed by atoms with E-state index in [-0.39, 0.29) is 17.9 Å². The molecule has 0 aliphatic heterocycles. The molecule has 0 radical (unpaired) electrons. The molecule has 33 heavy (non-hydrogen) atoms. The number of carbonyl (C=O) groups excluding carboxylic acids is 1. The average molecular weight is 446 g/mol. The molecular weight excluding hydrogens is 424 g/mol. The van der Waals surface area contributed by atoms with Crippen molar-refractivity contribution in [1.82, 2.24) is 10.3 Å². The number of pyridine rings is 1. The fourth-order valence-electron chi connectivity index (χ4n) is 3.29. The highest BCUT2D eigenvalue weighted by Gasteiger charge is 2.13. The second-order valence-corrected chi connectivity index (χ2v) is 7.09. The molecule has 0 bridgehead atoms. The number of nitrogens with one attached hydrogen (secondary N) is 1. The summed E-state index contributed by atoms with van der Waals surface area (Å²) in [7, 11) is 3.08. The highest BCUT2D eigenvalue weighted by molar-refractivity contribution is 5.83. The van der Waals surface area contributed by atoms with Crippen LogP contribution in [-0.4, -0.2) is 31.7 Å². The summed E-state index contributed by atoms with van der Waals surface area (Å²) in [5, 5.41) is 3.14. The molecule has 2 aromatic heterocycles. The van der Waals surface area contributed by atoms with Crippen molar-refractivity contribution in [3.63, 3.8) is 0 Å². The van der Waals surface area contributed by atoms with E-state index < -0.39 is 0 Å². The van der Waals surface area contributed by atoms with Gasteiger partial charge in [-0.05, 0) is 42.0 Å². The molecular formula is C25H22N2O6. The normalized spacial score (nSPS) is 10.6. The minimum atomic E-state index is -0.286. The minimum absolute atomic E-state index is 0.174. The van der Waals surface area contributed by atoms with Gasteiger partial charge < -0.3 is 23.9 Å². The summed E-state index contributed by atoms with van der Waals surface area (Å²) < 4.78 is 21.8. The predicted molar refractivity (Wildman–Crippen MR) is 123 cm³/mol. The van der Waals surface area contributed by atoms with Crippen LogP contribution in [0.4, 0.5) is 0 Å². The molecule has 4 aromatic rings. The quantitative estimate of drug-likeness (QED) is 0.442. The van der Waals surface area contributed by atoms with Gasteiger partial charge in [0, 0.05) is 12.3 Å². The van der Waals surface area contributed by atoms with Crippen LogP contribution in [0.5, 0.6) is 17.2 Å². The van der Waals surface area contributed by atoms with Crippen LogP contribution in [0.2, 0.25) is 0 Å². The number of methoxy groups -OCH3 is 2. The van der Waals surface area contributed by atoms with Crippen molar-refractivity contribution in [2.24, 2.45) is 0 Å². The van der Waals surface area contributed by atoms with Gasteiger partial charge >= 0.3 is 0 Å². The summed E-state index contributed by atoms with van der Waals surface area (Å²) in [6.07, 6.45) is 3.06. The first-order valence-corrected chi connectivity index (χ1v) is 10.2. The molecule has 0 fully saturated rings. The number of nitrogens with zero attached hydrogens (tertiary/aromatic N) is 1. The van der Waals surface area contributed by atoms with Crippen molar-refractivity contribution < 1.29 is 23.4 Å². The molecule has 1 N–H and O–H groups in total. The summed E-state index contributed by atoms with van der Waals surface area (Å²) >= 11 is 0. The van der Waals surface area contributed by atoms with E-state index >= 15 is 0 Å². The van der Waals surface area contributed by atoms with Crippen LogP contribution in [0.25, 0.3) is 22.1 Å². The maximum atomic E-state index is 13.0. The molecule has 0 spiro atoms. The predicted octanol–water partition coefficient (Wildman–Crippen LogP) is 3.57. The zero-order chi connectivity index (χ0) is 23.2. The number of aromatic nitrogens is 1. The van der Waals surface area contributed by atoms with Crippen LogP contribution < -0.4 is 25.0 Å². The van der Waals surface area contributed by atoms with Crippen molar-refractivity contribution >= 4 is 16.9 Å². The van der Waals surface area contributed by atoms with Gasteiger partial charge in [0.05, 0.1) is 37.4 Å². The van der Waals surface area contributed by atoms with Crippen molar-refractivity contribution in [1.29, 1.82) is 0 Å². The maximum Gasteiger partial charge on any atom is 0.258 e. The zero-order valence-corrected chi connectivity index (χ0v) is 18.2. The number of hydrogen-bond donors (Lipinski definition) is 1. The summed E-state index contributed by atoms with van der Waals surface area (Å²) in [5.41, 5.74) is 1.96. The van der Waals surface area contributed by atoms with Gasteiger partial charge in [-0.25, -0.2) is 0 Å². The molecule has 2 aromatic carbocycles. The summed E-state index contributed by atoms with van der Waals surface area (Å²) in [6.45, 7) is 0.140. The standard InChI is InChI=1S/C25H22N2O6/c1-30-21-9-6-16(11-23(21)31-2)20-14-33-22-12-18(7-8-19(22)25(20)29)32-15-24(28)27-13-17-5-3-4-10-26-17/h3-12,14H,13,15H2,1-2H3,(H,27,28). The molecule has 168 valence electrons. The van der Waals surface area contributed by atoms with Crippen LogP contribution in [0.15, 0.2) is 76.3 Å². The Morgan fingerprint density at radius 1 is 1.03 bits per heavy atom. The van der Waals surface area contributed by atoms with E-state index in [0.717, 1.165) is 5.69 Å². The van der Waals surface area contributed by atoms with Gasteiger partial charge in [-0.1, -0.05) is 12.1 Å². The number of amides is 1. The van der Waals surface area contributed by atoms with Crippen molar-refractivity contribution in [2.45, 2.75) is 6.54 Å². The van der Waals surface area contributed by atoms with E-state index in [9.17, 15) is 9.59 Å². The molecule has 0 aliphatic rings. The monoisotopic (exact) mass is 446 g/mol. The second-order valence-electron chi connectivity index (χ2n) is 7.09. The average Bonchev–Trinajstić information content (AvgIpc) is 2.86. The fourth-order valence-corrected chi connectivity index (χ4v) is 3.29. The van der Waals surface area contributed by atoms with Gasteiger partial charge in [0.25, 0.3) is 5.91 Å².